The van der Waals surface area contributed by atoms with E-state index >= 15 is 0 Å². The molecule has 1 aliphatic heterocycles. The molecule has 4 heteroatoms. The topological polar surface area (TPSA) is 15.3 Å². The molecule has 0 spiro atoms. The summed E-state index contributed by atoms with van der Waals surface area (Å²) in [6.45, 7) is 2.66. The number of piperidine rings is 1. The minimum atomic E-state index is -0.210. The van der Waals surface area contributed by atoms with Crippen LogP contribution in [0.3, 0.4) is 0 Å². The average Bonchev–Trinajstić information content (AvgIpc) is 2.35. The molecule has 1 heterocycles. The summed E-state index contributed by atoms with van der Waals surface area (Å²) >= 11 is 6.03. The highest BCUT2D eigenvalue weighted by Crippen LogP contribution is 2.22. The van der Waals surface area contributed by atoms with Crippen molar-refractivity contribution in [3.8, 4) is 0 Å². The minimum Gasteiger partial charge on any atom is -0.317 e. The Morgan fingerprint density at radius 2 is 2.12 bits per heavy atom. The highest BCUT2D eigenvalue weighted by Gasteiger charge is 2.19. The summed E-state index contributed by atoms with van der Waals surface area (Å²) in [7, 11) is 2.04. The molecule has 1 aromatic rings. The maximum Gasteiger partial charge on any atom is 0.129 e. The molecule has 0 saturated carbocycles. The second kappa shape index (κ2) is 5.80. The molecule has 0 amide bonds. The SMILES string of the molecule is CN(Cc1c(F)cccc1Cl)C1CCNCC1. The Morgan fingerprint density at radius 1 is 1.41 bits per heavy atom. The zero-order valence-electron chi connectivity index (χ0n) is 10.0. The van der Waals surface area contributed by atoms with Crippen molar-refractivity contribution >= 4 is 11.6 Å². The Kier molecular flexibility index (Phi) is 4.37. The highest BCUT2D eigenvalue weighted by atomic mass is 35.5. The van der Waals surface area contributed by atoms with Crippen molar-refractivity contribution in [2.75, 3.05) is 20.1 Å². The summed E-state index contributed by atoms with van der Waals surface area (Å²) in [5, 5.41) is 3.85. The van der Waals surface area contributed by atoms with E-state index in [2.05, 4.69) is 10.2 Å². The molecule has 1 fully saturated rings. The third-order valence-electron chi connectivity index (χ3n) is 3.40. The quantitative estimate of drug-likeness (QED) is 0.895. The highest BCUT2D eigenvalue weighted by molar-refractivity contribution is 6.31. The van der Waals surface area contributed by atoms with E-state index in [0.29, 0.717) is 23.2 Å². The van der Waals surface area contributed by atoms with Crippen molar-refractivity contribution in [3.05, 3.63) is 34.6 Å². The first-order valence-electron chi connectivity index (χ1n) is 6.02. The summed E-state index contributed by atoms with van der Waals surface area (Å²) in [5.74, 6) is -0.210. The van der Waals surface area contributed by atoms with Gasteiger partial charge in [-0.15, -0.1) is 0 Å². The monoisotopic (exact) mass is 256 g/mol. The van der Waals surface area contributed by atoms with Gasteiger partial charge in [0, 0.05) is 23.2 Å². The molecule has 0 atom stereocenters. The zero-order chi connectivity index (χ0) is 12.3. The fourth-order valence-corrected chi connectivity index (χ4v) is 2.53. The van der Waals surface area contributed by atoms with Gasteiger partial charge in [0.2, 0.25) is 0 Å². The van der Waals surface area contributed by atoms with E-state index in [1.54, 1.807) is 12.1 Å². The molecule has 94 valence electrons. The van der Waals surface area contributed by atoms with Gasteiger partial charge >= 0.3 is 0 Å². The van der Waals surface area contributed by atoms with Crippen molar-refractivity contribution in [1.29, 1.82) is 0 Å². The number of hydrogen-bond acceptors (Lipinski definition) is 2. The first kappa shape index (κ1) is 12.8. The van der Waals surface area contributed by atoms with Gasteiger partial charge in [-0.3, -0.25) is 4.90 Å². The summed E-state index contributed by atoms with van der Waals surface area (Å²) in [4.78, 5) is 2.20. The van der Waals surface area contributed by atoms with Crippen LogP contribution in [-0.2, 0) is 6.54 Å². The van der Waals surface area contributed by atoms with E-state index < -0.39 is 0 Å². The Balaban J connectivity index is 2.04. The van der Waals surface area contributed by atoms with Crippen LogP contribution in [0.25, 0.3) is 0 Å². The number of benzene rings is 1. The first-order chi connectivity index (χ1) is 8.18. The molecule has 0 aromatic heterocycles. The van der Waals surface area contributed by atoms with Gasteiger partial charge in [0.1, 0.15) is 5.82 Å². The lowest BCUT2D eigenvalue weighted by molar-refractivity contribution is 0.190. The molecule has 2 nitrogen and oxygen atoms in total. The van der Waals surface area contributed by atoms with E-state index in [0.717, 1.165) is 25.9 Å². The number of hydrogen-bond donors (Lipinski definition) is 1. The van der Waals surface area contributed by atoms with E-state index in [-0.39, 0.29) is 5.82 Å². The number of nitrogens with one attached hydrogen (secondary N) is 1. The number of nitrogens with zero attached hydrogens (tertiary/aromatic N) is 1. The normalized spacial score (nSPS) is 17.6. The smallest absolute Gasteiger partial charge is 0.129 e. The number of rotatable bonds is 3. The van der Waals surface area contributed by atoms with E-state index in [4.69, 9.17) is 11.6 Å². The Labute approximate surface area is 107 Å². The molecule has 1 aromatic carbocycles. The molecule has 17 heavy (non-hydrogen) atoms. The molecule has 1 aliphatic rings. The zero-order valence-corrected chi connectivity index (χ0v) is 10.8. The van der Waals surface area contributed by atoms with Crippen LogP contribution in [0.15, 0.2) is 18.2 Å². The van der Waals surface area contributed by atoms with Crippen LogP contribution >= 0.6 is 11.6 Å². The van der Waals surface area contributed by atoms with E-state index in [9.17, 15) is 4.39 Å². The lowest BCUT2D eigenvalue weighted by Crippen LogP contribution is -2.40. The lowest BCUT2D eigenvalue weighted by atomic mass is 10.0. The van der Waals surface area contributed by atoms with Crippen LogP contribution < -0.4 is 5.32 Å². The summed E-state index contributed by atoms with van der Waals surface area (Å²) < 4.78 is 13.7. The van der Waals surface area contributed by atoms with Crippen molar-refractivity contribution in [3.63, 3.8) is 0 Å². The standard InChI is InChI=1S/C13H18ClFN2/c1-17(10-5-7-16-8-6-10)9-11-12(14)3-2-4-13(11)15/h2-4,10,16H,5-9H2,1H3. The van der Waals surface area contributed by atoms with Gasteiger partial charge in [0.25, 0.3) is 0 Å². The van der Waals surface area contributed by atoms with Gasteiger partial charge < -0.3 is 5.32 Å². The van der Waals surface area contributed by atoms with Gasteiger partial charge in [0.05, 0.1) is 0 Å². The van der Waals surface area contributed by atoms with E-state index in [1.807, 2.05) is 7.05 Å². The van der Waals surface area contributed by atoms with E-state index in [1.165, 1.54) is 6.07 Å². The van der Waals surface area contributed by atoms with Crippen molar-refractivity contribution in [1.82, 2.24) is 10.2 Å². The molecule has 1 N–H and O–H groups in total. The van der Waals surface area contributed by atoms with Crippen molar-refractivity contribution in [2.45, 2.75) is 25.4 Å². The van der Waals surface area contributed by atoms with Gasteiger partial charge in [0.15, 0.2) is 0 Å². The Bertz CT molecular complexity index is 357. The summed E-state index contributed by atoms with van der Waals surface area (Å²) in [6.07, 6.45) is 2.23. The second-order valence-electron chi connectivity index (χ2n) is 4.60. The van der Waals surface area contributed by atoms with Crippen molar-refractivity contribution in [2.24, 2.45) is 0 Å². The Morgan fingerprint density at radius 3 is 2.76 bits per heavy atom. The largest absolute Gasteiger partial charge is 0.317 e. The van der Waals surface area contributed by atoms with Crippen LogP contribution in [0.2, 0.25) is 5.02 Å². The van der Waals surface area contributed by atoms with Gasteiger partial charge in [-0.25, -0.2) is 4.39 Å². The maximum absolute atomic E-state index is 13.7. The molecular weight excluding hydrogens is 239 g/mol. The van der Waals surface area contributed by atoms with Gasteiger partial charge in [-0.2, -0.15) is 0 Å². The third kappa shape index (κ3) is 3.18. The van der Waals surface area contributed by atoms with Crippen LogP contribution in [0.4, 0.5) is 4.39 Å². The van der Waals surface area contributed by atoms with Crippen LogP contribution in [-0.4, -0.2) is 31.1 Å². The van der Waals surface area contributed by atoms with Crippen LogP contribution in [0.1, 0.15) is 18.4 Å². The lowest BCUT2D eigenvalue weighted by Gasteiger charge is -2.31. The molecule has 2 rings (SSSR count). The predicted octanol–water partition coefficient (Wildman–Crippen LogP) is 2.66. The van der Waals surface area contributed by atoms with Gasteiger partial charge in [-0.1, -0.05) is 17.7 Å². The molecule has 0 unspecified atom stereocenters. The van der Waals surface area contributed by atoms with Gasteiger partial charge in [-0.05, 0) is 45.1 Å². The predicted molar refractivity (Wildman–Crippen MR) is 68.8 cm³/mol. The third-order valence-corrected chi connectivity index (χ3v) is 3.76. The van der Waals surface area contributed by atoms with Crippen LogP contribution in [0.5, 0.6) is 0 Å². The molecular formula is C13H18ClFN2. The van der Waals surface area contributed by atoms with Crippen LogP contribution in [0, 0.1) is 5.82 Å². The maximum atomic E-state index is 13.7. The minimum absolute atomic E-state index is 0.210. The summed E-state index contributed by atoms with van der Waals surface area (Å²) in [6, 6.07) is 5.38. The Hall–Kier alpha value is -0.640. The number of halogens is 2. The molecule has 1 saturated heterocycles. The van der Waals surface area contributed by atoms with Crippen molar-refractivity contribution < 1.29 is 4.39 Å². The summed E-state index contributed by atoms with van der Waals surface area (Å²) in [5.41, 5.74) is 0.607. The molecule has 0 aliphatic carbocycles. The average molecular weight is 257 g/mol. The fourth-order valence-electron chi connectivity index (χ4n) is 2.31. The molecule has 0 radical (unpaired) electrons. The first-order valence-corrected chi connectivity index (χ1v) is 6.40. The second-order valence-corrected chi connectivity index (χ2v) is 5.00. The molecule has 0 bridgehead atoms. The fraction of sp³-hybridized carbons (Fsp3) is 0.538.